The van der Waals surface area contributed by atoms with Gasteiger partial charge < -0.3 is 25.2 Å². The zero-order valence-corrected chi connectivity index (χ0v) is 30.7. The molecule has 0 heterocycles. The Hall–Kier alpha value is -2.04. The Morgan fingerprint density at radius 2 is 1.10 bits per heavy atom. The van der Waals surface area contributed by atoms with Crippen LogP contribution in [0.15, 0.2) is 24.3 Å². The number of unbranched alkanes of at least 4 members (excludes halogenated alkanes) is 16. The topological polar surface area (TPSA) is 172 Å². The van der Waals surface area contributed by atoms with Crippen LogP contribution in [-0.4, -0.2) is 59.9 Å². The van der Waals surface area contributed by atoms with E-state index in [1.165, 1.54) is 57.8 Å². The molecule has 0 amide bonds. The third kappa shape index (κ3) is 31.2. The van der Waals surface area contributed by atoms with Gasteiger partial charge in [-0.3, -0.25) is 23.4 Å². The molecule has 0 saturated carbocycles. The number of ether oxygens (including phenoxy) is 2. The number of allylic oxidation sites excluding steroid dienone is 4. The van der Waals surface area contributed by atoms with Gasteiger partial charge in [0.2, 0.25) is 0 Å². The molecule has 0 aromatic rings. The second kappa shape index (κ2) is 32.2. The van der Waals surface area contributed by atoms with Crippen molar-refractivity contribution in [3.8, 4) is 0 Å². The average molecular weight is 704 g/mol. The minimum Gasteiger partial charge on any atom is -0.480 e. The van der Waals surface area contributed by atoms with Crippen LogP contribution in [0.4, 0.5) is 0 Å². The summed E-state index contributed by atoms with van der Waals surface area (Å²) in [6.45, 7) is 2.65. The monoisotopic (exact) mass is 703 g/mol. The van der Waals surface area contributed by atoms with Crippen molar-refractivity contribution in [3.63, 3.8) is 0 Å². The molecule has 0 aromatic carbocycles. The van der Waals surface area contributed by atoms with Crippen molar-refractivity contribution in [1.29, 1.82) is 0 Å². The van der Waals surface area contributed by atoms with Crippen LogP contribution in [0.5, 0.6) is 0 Å². The van der Waals surface area contributed by atoms with Crippen LogP contribution in [0.3, 0.4) is 0 Å². The van der Waals surface area contributed by atoms with E-state index in [2.05, 4.69) is 42.7 Å². The zero-order valence-electron chi connectivity index (χ0n) is 29.8. The number of carbonyl (C=O) groups is 3. The number of hydrogen-bond acceptors (Lipinski definition) is 9. The summed E-state index contributed by atoms with van der Waals surface area (Å²) >= 11 is 0. The smallest absolute Gasteiger partial charge is 0.472 e. The zero-order chi connectivity index (χ0) is 35.7. The molecule has 0 aliphatic rings. The molecule has 0 bridgehead atoms. The predicted octanol–water partition coefficient (Wildman–Crippen LogP) is 8.72. The highest BCUT2D eigenvalue weighted by molar-refractivity contribution is 7.47. The lowest BCUT2D eigenvalue weighted by Gasteiger charge is -2.20. The van der Waals surface area contributed by atoms with Gasteiger partial charge in [-0.05, 0) is 44.9 Å². The summed E-state index contributed by atoms with van der Waals surface area (Å²) in [5.41, 5.74) is 5.29. The number of carboxylic acids is 1. The fourth-order valence-electron chi connectivity index (χ4n) is 4.74. The third-order valence-corrected chi connectivity index (χ3v) is 8.65. The number of phosphoric acid groups is 1. The van der Waals surface area contributed by atoms with Gasteiger partial charge in [-0.1, -0.05) is 122 Å². The first-order valence-electron chi connectivity index (χ1n) is 18.4. The molecule has 11 nitrogen and oxygen atoms in total. The second-order valence-corrected chi connectivity index (χ2v) is 13.8. The van der Waals surface area contributed by atoms with Gasteiger partial charge in [-0.25, -0.2) is 4.57 Å². The molecule has 0 rings (SSSR count). The summed E-state index contributed by atoms with van der Waals surface area (Å²) in [6.07, 6.45) is 30.1. The summed E-state index contributed by atoms with van der Waals surface area (Å²) in [4.78, 5) is 45.4. The lowest BCUT2D eigenvalue weighted by molar-refractivity contribution is -0.161. The Labute approximate surface area is 290 Å². The van der Waals surface area contributed by atoms with Gasteiger partial charge in [0.25, 0.3) is 0 Å². The molecule has 3 atom stereocenters. The van der Waals surface area contributed by atoms with Gasteiger partial charge in [-0.15, -0.1) is 0 Å². The largest absolute Gasteiger partial charge is 0.480 e. The first kappa shape index (κ1) is 46.0. The molecule has 0 aromatic heterocycles. The highest BCUT2D eigenvalue weighted by atomic mass is 31.2. The van der Waals surface area contributed by atoms with Crippen molar-refractivity contribution in [2.75, 3.05) is 19.8 Å². The minimum absolute atomic E-state index is 0.158. The van der Waals surface area contributed by atoms with Crippen molar-refractivity contribution in [2.24, 2.45) is 5.73 Å². The van der Waals surface area contributed by atoms with E-state index in [1.807, 2.05) is 0 Å². The molecule has 3 unspecified atom stereocenters. The van der Waals surface area contributed by atoms with Gasteiger partial charge in [0, 0.05) is 12.8 Å². The maximum absolute atomic E-state index is 12.5. The highest BCUT2D eigenvalue weighted by Gasteiger charge is 2.28. The van der Waals surface area contributed by atoms with Crippen molar-refractivity contribution in [2.45, 2.75) is 167 Å². The highest BCUT2D eigenvalue weighted by Crippen LogP contribution is 2.43. The molecule has 0 saturated heterocycles. The Kier molecular flexibility index (Phi) is 30.8. The summed E-state index contributed by atoms with van der Waals surface area (Å²) in [5, 5.41) is 8.82. The predicted molar refractivity (Wildman–Crippen MR) is 189 cm³/mol. The lowest BCUT2D eigenvalue weighted by Crippen LogP contribution is -2.34. The number of phosphoric ester groups is 1. The van der Waals surface area contributed by atoms with Gasteiger partial charge in [0.1, 0.15) is 12.6 Å². The lowest BCUT2D eigenvalue weighted by atomic mass is 10.1. The van der Waals surface area contributed by atoms with E-state index in [0.717, 1.165) is 57.8 Å². The van der Waals surface area contributed by atoms with E-state index < -0.39 is 51.1 Å². The van der Waals surface area contributed by atoms with E-state index in [4.69, 9.17) is 24.8 Å². The molecule has 280 valence electrons. The first-order valence-corrected chi connectivity index (χ1v) is 19.9. The summed E-state index contributed by atoms with van der Waals surface area (Å²) < 4.78 is 32.3. The first-order chi connectivity index (χ1) is 23.1. The molecule has 0 radical (unpaired) electrons. The fourth-order valence-corrected chi connectivity index (χ4v) is 5.52. The molecular formula is C36H66NO10P. The van der Waals surface area contributed by atoms with E-state index in [0.29, 0.717) is 12.8 Å². The molecule has 48 heavy (non-hydrogen) atoms. The molecule has 0 aliphatic heterocycles. The number of carboxylic acid groups (broad SMARTS) is 1. The SMILES string of the molecule is CCCCC/C=C\C/C=C\CCCCCCCCCCCC(=O)OC(COC(=O)CCCCCCC)COP(=O)(O)OCC(N)C(=O)O. The number of rotatable bonds is 34. The summed E-state index contributed by atoms with van der Waals surface area (Å²) in [5.74, 6) is -2.40. The van der Waals surface area contributed by atoms with Crippen LogP contribution in [0.25, 0.3) is 0 Å². The van der Waals surface area contributed by atoms with Crippen molar-refractivity contribution in [1.82, 2.24) is 0 Å². The number of hydrogen-bond donors (Lipinski definition) is 3. The van der Waals surface area contributed by atoms with Gasteiger partial charge in [0.05, 0.1) is 13.2 Å². The third-order valence-electron chi connectivity index (χ3n) is 7.70. The van der Waals surface area contributed by atoms with Crippen LogP contribution >= 0.6 is 7.82 Å². The molecule has 12 heteroatoms. The van der Waals surface area contributed by atoms with Gasteiger partial charge in [-0.2, -0.15) is 0 Å². The Bertz CT molecular complexity index is 926. The van der Waals surface area contributed by atoms with Crippen LogP contribution < -0.4 is 5.73 Å². The Morgan fingerprint density at radius 3 is 1.67 bits per heavy atom. The summed E-state index contributed by atoms with van der Waals surface area (Å²) in [6, 6.07) is -1.52. The molecule has 0 fully saturated rings. The standard InChI is InChI=1S/C36H66NO10P/c1-3-5-7-9-10-11-12-13-14-15-16-17-18-19-20-21-22-24-26-28-35(39)47-32(29-44-34(38)27-25-23-8-6-4-2)30-45-48(42,43)46-31-33(37)36(40)41/h10-11,13-14,32-33H,3-9,12,15-31,37H2,1-2H3,(H,40,41)(H,42,43)/b11-10-,14-13-. The number of carbonyl (C=O) groups excluding carboxylic acids is 2. The van der Waals surface area contributed by atoms with E-state index >= 15 is 0 Å². The van der Waals surface area contributed by atoms with Crippen LogP contribution in [0, 0.1) is 0 Å². The summed E-state index contributed by atoms with van der Waals surface area (Å²) in [7, 11) is -4.70. The normalized spacial score (nSPS) is 14.2. The van der Waals surface area contributed by atoms with Crippen molar-refractivity contribution in [3.05, 3.63) is 24.3 Å². The molecule has 0 aliphatic carbocycles. The van der Waals surface area contributed by atoms with Crippen molar-refractivity contribution < 1.29 is 47.5 Å². The second-order valence-electron chi connectivity index (χ2n) is 12.4. The number of nitrogens with two attached hydrogens (primary N) is 1. The Morgan fingerprint density at radius 1 is 0.646 bits per heavy atom. The number of aliphatic carboxylic acids is 1. The van der Waals surface area contributed by atoms with Crippen LogP contribution in [0.1, 0.15) is 155 Å². The maximum atomic E-state index is 12.5. The molecule has 4 N–H and O–H groups in total. The van der Waals surface area contributed by atoms with E-state index in [9.17, 15) is 23.8 Å². The Balaban J connectivity index is 4.27. The van der Waals surface area contributed by atoms with E-state index in [-0.39, 0.29) is 19.4 Å². The molecule has 0 spiro atoms. The van der Waals surface area contributed by atoms with Gasteiger partial charge in [0.15, 0.2) is 6.10 Å². The maximum Gasteiger partial charge on any atom is 0.472 e. The van der Waals surface area contributed by atoms with Crippen LogP contribution in [0.2, 0.25) is 0 Å². The van der Waals surface area contributed by atoms with E-state index in [1.54, 1.807) is 0 Å². The quantitative estimate of drug-likeness (QED) is 0.0253. The minimum atomic E-state index is -4.70. The fraction of sp³-hybridized carbons (Fsp3) is 0.806. The average Bonchev–Trinajstić information content (AvgIpc) is 3.05. The van der Waals surface area contributed by atoms with Gasteiger partial charge >= 0.3 is 25.7 Å². The van der Waals surface area contributed by atoms with Crippen molar-refractivity contribution >= 4 is 25.7 Å². The number of esters is 2. The van der Waals surface area contributed by atoms with Crippen LogP contribution in [-0.2, 0) is 37.5 Å². The molecular weight excluding hydrogens is 637 g/mol.